The molecule has 0 atom stereocenters. The van der Waals surface area contributed by atoms with E-state index in [1.165, 1.54) is 13.2 Å². The second-order valence-electron chi connectivity index (χ2n) is 4.22. The fourth-order valence-corrected chi connectivity index (χ4v) is 2.00. The van der Waals surface area contributed by atoms with E-state index in [9.17, 15) is 4.79 Å². The van der Waals surface area contributed by atoms with Crippen LogP contribution < -0.4 is 10.1 Å². The minimum absolute atomic E-state index is 0.273. The van der Waals surface area contributed by atoms with Crippen molar-refractivity contribution in [3.8, 4) is 5.75 Å². The second kappa shape index (κ2) is 7.16. The molecule has 0 radical (unpaired) electrons. The van der Waals surface area contributed by atoms with Crippen molar-refractivity contribution in [1.29, 1.82) is 0 Å². The Hall–Kier alpha value is -1.97. The van der Waals surface area contributed by atoms with E-state index >= 15 is 0 Å². The Kier molecular flexibility index (Phi) is 5.26. The van der Waals surface area contributed by atoms with Crippen LogP contribution >= 0.6 is 23.2 Å². The quantitative estimate of drug-likeness (QED) is 0.832. The molecule has 2 aromatic carbocycles. The van der Waals surface area contributed by atoms with E-state index in [0.717, 1.165) is 5.56 Å². The first-order valence-electron chi connectivity index (χ1n) is 6.16. The molecule has 0 spiro atoms. The molecule has 108 valence electrons. The Morgan fingerprint density at radius 2 is 1.76 bits per heavy atom. The van der Waals surface area contributed by atoms with Crippen molar-refractivity contribution >= 4 is 40.9 Å². The maximum atomic E-state index is 11.9. The molecule has 2 rings (SSSR count). The van der Waals surface area contributed by atoms with Gasteiger partial charge in [0.05, 0.1) is 12.8 Å². The first-order chi connectivity index (χ1) is 10.1. The summed E-state index contributed by atoms with van der Waals surface area (Å²) >= 11 is 11.7. The molecule has 0 unspecified atom stereocenters. The largest absolute Gasteiger partial charge is 0.495 e. The maximum Gasteiger partial charge on any atom is 0.248 e. The third-order valence-corrected chi connectivity index (χ3v) is 3.20. The van der Waals surface area contributed by atoms with Gasteiger partial charge in [-0.25, -0.2) is 0 Å². The predicted molar refractivity (Wildman–Crippen MR) is 87.1 cm³/mol. The van der Waals surface area contributed by atoms with Gasteiger partial charge in [0.1, 0.15) is 5.75 Å². The molecule has 0 bridgehead atoms. The molecule has 1 N–H and O–H groups in total. The van der Waals surface area contributed by atoms with E-state index in [1.807, 2.05) is 12.1 Å². The molecule has 0 saturated carbocycles. The van der Waals surface area contributed by atoms with Crippen molar-refractivity contribution < 1.29 is 9.53 Å². The molecule has 0 aliphatic heterocycles. The number of carbonyl (C=O) groups excluding carboxylic acids is 1. The number of methoxy groups -OCH3 is 1. The molecule has 5 heteroatoms. The lowest BCUT2D eigenvalue weighted by Crippen LogP contribution is -2.08. The van der Waals surface area contributed by atoms with E-state index < -0.39 is 0 Å². The topological polar surface area (TPSA) is 38.3 Å². The summed E-state index contributed by atoms with van der Waals surface area (Å²) in [4.78, 5) is 11.9. The van der Waals surface area contributed by atoms with Crippen LogP contribution in [0.4, 0.5) is 5.69 Å². The van der Waals surface area contributed by atoms with Crippen molar-refractivity contribution in [3.63, 3.8) is 0 Å². The summed E-state index contributed by atoms with van der Waals surface area (Å²) in [7, 11) is 1.53. The minimum atomic E-state index is -0.273. The summed E-state index contributed by atoms with van der Waals surface area (Å²) in [5.74, 6) is 0.276. The number of rotatable bonds is 4. The number of ether oxygens (including phenoxy) is 1. The van der Waals surface area contributed by atoms with E-state index in [0.29, 0.717) is 21.5 Å². The lowest BCUT2D eigenvalue weighted by atomic mass is 10.2. The summed E-state index contributed by atoms with van der Waals surface area (Å²) < 4.78 is 5.17. The van der Waals surface area contributed by atoms with Crippen LogP contribution in [-0.4, -0.2) is 13.0 Å². The van der Waals surface area contributed by atoms with Crippen LogP contribution in [0, 0.1) is 0 Å². The Morgan fingerprint density at radius 3 is 2.43 bits per heavy atom. The number of benzene rings is 2. The van der Waals surface area contributed by atoms with E-state index in [1.54, 1.807) is 36.4 Å². The number of halogens is 2. The number of hydrogen-bond acceptors (Lipinski definition) is 2. The average molecular weight is 322 g/mol. The molecule has 0 fully saturated rings. The van der Waals surface area contributed by atoms with Gasteiger partial charge in [0.25, 0.3) is 0 Å². The average Bonchev–Trinajstić information content (AvgIpc) is 2.47. The van der Waals surface area contributed by atoms with Crippen LogP contribution in [0.3, 0.4) is 0 Å². The Labute approximate surface area is 133 Å². The highest BCUT2D eigenvalue weighted by Crippen LogP contribution is 2.27. The first kappa shape index (κ1) is 15.4. The van der Waals surface area contributed by atoms with Gasteiger partial charge in [-0.05, 0) is 42.0 Å². The zero-order chi connectivity index (χ0) is 15.2. The zero-order valence-corrected chi connectivity index (χ0v) is 12.8. The van der Waals surface area contributed by atoms with Crippen molar-refractivity contribution in [3.05, 3.63) is 64.1 Å². The van der Waals surface area contributed by atoms with Crippen LogP contribution in [0.25, 0.3) is 6.08 Å². The zero-order valence-electron chi connectivity index (χ0n) is 11.3. The standard InChI is InChI=1S/C16H13Cl2NO2/c1-21-15-8-7-13(18)10-14(15)19-16(20)9-4-11-2-5-12(17)6-3-11/h2-10H,1H3,(H,19,20)/b9-4+. The molecular formula is C16H13Cl2NO2. The molecule has 0 aliphatic carbocycles. The molecule has 1 amide bonds. The lowest BCUT2D eigenvalue weighted by Gasteiger charge is -2.08. The van der Waals surface area contributed by atoms with Gasteiger partial charge in [0.15, 0.2) is 0 Å². The predicted octanol–water partition coefficient (Wildman–Crippen LogP) is 4.65. The molecule has 0 heterocycles. The molecule has 21 heavy (non-hydrogen) atoms. The number of hydrogen-bond donors (Lipinski definition) is 1. The summed E-state index contributed by atoms with van der Waals surface area (Å²) in [6.07, 6.45) is 3.13. The highest BCUT2D eigenvalue weighted by Gasteiger charge is 2.06. The van der Waals surface area contributed by atoms with Crippen LogP contribution in [-0.2, 0) is 4.79 Å². The van der Waals surface area contributed by atoms with E-state index in [2.05, 4.69) is 5.32 Å². The fourth-order valence-electron chi connectivity index (χ4n) is 1.70. The second-order valence-corrected chi connectivity index (χ2v) is 5.09. The van der Waals surface area contributed by atoms with Gasteiger partial charge in [-0.1, -0.05) is 35.3 Å². The van der Waals surface area contributed by atoms with Crippen molar-refractivity contribution in [2.75, 3.05) is 12.4 Å². The van der Waals surface area contributed by atoms with Crippen molar-refractivity contribution in [1.82, 2.24) is 0 Å². The van der Waals surface area contributed by atoms with Crippen LogP contribution in [0.5, 0.6) is 5.75 Å². The van der Waals surface area contributed by atoms with Gasteiger partial charge >= 0.3 is 0 Å². The summed E-state index contributed by atoms with van der Waals surface area (Å²) in [6.45, 7) is 0. The number of nitrogens with one attached hydrogen (secondary N) is 1. The molecule has 2 aromatic rings. The number of anilines is 1. The molecule has 3 nitrogen and oxygen atoms in total. The summed E-state index contributed by atoms with van der Waals surface area (Å²) in [5, 5.41) is 3.90. The van der Waals surface area contributed by atoms with Crippen molar-refractivity contribution in [2.45, 2.75) is 0 Å². The fraction of sp³-hybridized carbons (Fsp3) is 0.0625. The van der Waals surface area contributed by atoms with Gasteiger partial charge in [-0.15, -0.1) is 0 Å². The monoisotopic (exact) mass is 321 g/mol. The third kappa shape index (κ3) is 4.52. The molecule has 0 aliphatic rings. The van der Waals surface area contributed by atoms with Gasteiger partial charge in [-0.2, -0.15) is 0 Å². The summed E-state index contributed by atoms with van der Waals surface area (Å²) in [5.41, 5.74) is 1.41. The Bertz CT molecular complexity index is 666. The Morgan fingerprint density at radius 1 is 1.10 bits per heavy atom. The highest BCUT2D eigenvalue weighted by atomic mass is 35.5. The van der Waals surface area contributed by atoms with E-state index in [4.69, 9.17) is 27.9 Å². The van der Waals surface area contributed by atoms with Crippen LogP contribution in [0.2, 0.25) is 10.0 Å². The minimum Gasteiger partial charge on any atom is -0.495 e. The summed E-state index contributed by atoms with van der Waals surface area (Å²) in [6, 6.07) is 12.2. The van der Waals surface area contributed by atoms with Crippen LogP contribution in [0.15, 0.2) is 48.5 Å². The van der Waals surface area contributed by atoms with Gasteiger partial charge in [0, 0.05) is 16.1 Å². The SMILES string of the molecule is COc1ccc(Cl)cc1NC(=O)/C=C/c1ccc(Cl)cc1. The molecular weight excluding hydrogens is 309 g/mol. The maximum absolute atomic E-state index is 11.9. The van der Waals surface area contributed by atoms with Gasteiger partial charge in [-0.3, -0.25) is 4.79 Å². The molecule has 0 aromatic heterocycles. The smallest absolute Gasteiger partial charge is 0.248 e. The third-order valence-electron chi connectivity index (χ3n) is 2.72. The van der Waals surface area contributed by atoms with Gasteiger partial charge in [0.2, 0.25) is 5.91 Å². The number of amides is 1. The van der Waals surface area contributed by atoms with Crippen molar-refractivity contribution in [2.24, 2.45) is 0 Å². The van der Waals surface area contributed by atoms with E-state index in [-0.39, 0.29) is 5.91 Å². The van der Waals surface area contributed by atoms with Gasteiger partial charge < -0.3 is 10.1 Å². The normalized spacial score (nSPS) is 10.6. The highest BCUT2D eigenvalue weighted by molar-refractivity contribution is 6.31. The van der Waals surface area contributed by atoms with Crippen LogP contribution in [0.1, 0.15) is 5.56 Å². The lowest BCUT2D eigenvalue weighted by molar-refractivity contribution is -0.111. The Balaban J connectivity index is 2.08. The number of carbonyl (C=O) groups is 1. The molecule has 0 saturated heterocycles. The first-order valence-corrected chi connectivity index (χ1v) is 6.92.